The first kappa shape index (κ1) is 16.9. The molecule has 0 spiro atoms. The van der Waals surface area contributed by atoms with Crippen LogP contribution in [0.5, 0.6) is 0 Å². The predicted molar refractivity (Wildman–Crippen MR) is 87.4 cm³/mol. The molecule has 0 amide bonds. The van der Waals surface area contributed by atoms with E-state index in [0.29, 0.717) is 12.2 Å². The normalized spacial score (nSPS) is 10.7. The molecule has 0 fully saturated rings. The number of Topliss-reactive ketones (excluding diaryl/α,β-unsaturated/α-hetero) is 1. The fourth-order valence-corrected chi connectivity index (χ4v) is 2.65. The Balaban J connectivity index is 2.17. The summed E-state index contributed by atoms with van der Waals surface area (Å²) >= 11 is 0. The van der Waals surface area contributed by atoms with Crippen molar-refractivity contribution in [1.82, 2.24) is 0 Å². The summed E-state index contributed by atoms with van der Waals surface area (Å²) in [5, 5.41) is 0. The van der Waals surface area contributed by atoms with Crippen molar-refractivity contribution in [3.63, 3.8) is 0 Å². The van der Waals surface area contributed by atoms with Gasteiger partial charge in [-0.2, -0.15) is 0 Å². The van der Waals surface area contributed by atoms with Crippen molar-refractivity contribution < 1.29 is 4.79 Å². The Morgan fingerprint density at radius 3 is 2.10 bits per heavy atom. The minimum absolute atomic E-state index is 0.327. The van der Waals surface area contributed by atoms with Crippen molar-refractivity contribution in [2.45, 2.75) is 78.1 Å². The summed E-state index contributed by atoms with van der Waals surface area (Å²) in [4.78, 5) is 12.2. The molecule has 0 aliphatic carbocycles. The number of aryl methyl sites for hydroxylation is 1. The van der Waals surface area contributed by atoms with Crippen LogP contribution in [-0.2, 0) is 6.42 Å². The number of carbonyl (C=O) groups is 1. The maximum atomic E-state index is 12.2. The van der Waals surface area contributed by atoms with E-state index < -0.39 is 0 Å². The standard InChI is InChI=1S/C19H30O/c1-3-5-6-7-8-9-10-11-16-19(20)18-15-13-12-14-17(18)4-2/h12-15H,3-11,16H2,1-2H3. The third-order valence-electron chi connectivity index (χ3n) is 3.96. The molecule has 1 aromatic carbocycles. The molecule has 0 N–H and O–H groups in total. The highest BCUT2D eigenvalue weighted by Gasteiger charge is 2.08. The molecule has 112 valence electrons. The van der Waals surface area contributed by atoms with Gasteiger partial charge in [-0.1, -0.05) is 83.1 Å². The number of rotatable bonds is 11. The lowest BCUT2D eigenvalue weighted by atomic mass is 9.98. The van der Waals surface area contributed by atoms with Crippen molar-refractivity contribution in [3.05, 3.63) is 35.4 Å². The summed E-state index contributed by atoms with van der Waals surface area (Å²) in [5.74, 6) is 0.327. The van der Waals surface area contributed by atoms with Crippen LogP contribution in [0.3, 0.4) is 0 Å². The van der Waals surface area contributed by atoms with Crippen LogP contribution in [0.15, 0.2) is 24.3 Å². The number of ketones is 1. The molecule has 0 aliphatic rings. The van der Waals surface area contributed by atoms with Gasteiger partial charge in [0.25, 0.3) is 0 Å². The first-order valence-electron chi connectivity index (χ1n) is 8.40. The van der Waals surface area contributed by atoms with Gasteiger partial charge in [0.05, 0.1) is 0 Å². The van der Waals surface area contributed by atoms with Crippen LogP contribution in [0, 0.1) is 0 Å². The van der Waals surface area contributed by atoms with Gasteiger partial charge in [0, 0.05) is 12.0 Å². The maximum Gasteiger partial charge on any atom is 0.163 e. The van der Waals surface area contributed by atoms with Gasteiger partial charge in [0.2, 0.25) is 0 Å². The Labute approximate surface area is 124 Å². The lowest BCUT2D eigenvalue weighted by molar-refractivity contribution is 0.0978. The molecular formula is C19H30O. The first-order chi connectivity index (χ1) is 9.79. The molecule has 0 radical (unpaired) electrons. The van der Waals surface area contributed by atoms with Gasteiger partial charge < -0.3 is 0 Å². The van der Waals surface area contributed by atoms with E-state index in [1.807, 2.05) is 18.2 Å². The minimum Gasteiger partial charge on any atom is -0.294 e. The first-order valence-corrected chi connectivity index (χ1v) is 8.40. The molecule has 1 rings (SSSR count). The van der Waals surface area contributed by atoms with E-state index in [-0.39, 0.29) is 0 Å². The molecule has 1 aromatic rings. The molecule has 0 aliphatic heterocycles. The zero-order valence-corrected chi connectivity index (χ0v) is 13.3. The Morgan fingerprint density at radius 2 is 1.45 bits per heavy atom. The van der Waals surface area contributed by atoms with Crippen molar-refractivity contribution in [2.24, 2.45) is 0 Å². The average Bonchev–Trinajstić information content (AvgIpc) is 2.49. The van der Waals surface area contributed by atoms with Gasteiger partial charge >= 0.3 is 0 Å². The van der Waals surface area contributed by atoms with E-state index in [1.165, 1.54) is 50.5 Å². The lowest BCUT2D eigenvalue weighted by Gasteiger charge is -2.06. The summed E-state index contributed by atoms with van der Waals surface area (Å²) in [5.41, 5.74) is 2.13. The molecule has 0 heterocycles. The fraction of sp³-hybridized carbons (Fsp3) is 0.632. The van der Waals surface area contributed by atoms with Crippen molar-refractivity contribution in [2.75, 3.05) is 0 Å². The van der Waals surface area contributed by atoms with Gasteiger partial charge in [0.15, 0.2) is 5.78 Å². The van der Waals surface area contributed by atoms with E-state index in [0.717, 1.165) is 18.4 Å². The van der Waals surface area contributed by atoms with Crippen LogP contribution in [0.2, 0.25) is 0 Å². The molecule has 20 heavy (non-hydrogen) atoms. The second-order valence-electron chi connectivity index (χ2n) is 5.66. The number of unbranched alkanes of at least 4 members (excludes halogenated alkanes) is 7. The predicted octanol–water partition coefficient (Wildman–Crippen LogP) is 5.96. The Morgan fingerprint density at radius 1 is 0.850 bits per heavy atom. The Bertz CT molecular complexity index is 381. The zero-order valence-electron chi connectivity index (χ0n) is 13.3. The van der Waals surface area contributed by atoms with E-state index >= 15 is 0 Å². The summed E-state index contributed by atoms with van der Waals surface area (Å²) in [6.45, 7) is 4.36. The highest BCUT2D eigenvalue weighted by molar-refractivity contribution is 5.97. The SMILES string of the molecule is CCCCCCCCCCC(=O)c1ccccc1CC. The second kappa shape index (κ2) is 10.7. The average molecular weight is 274 g/mol. The molecule has 0 saturated carbocycles. The van der Waals surface area contributed by atoms with Gasteiger partial charge in [-0.15, -0.1) is 0 Å². The van der Waals surface area contributed by atoms with Crippen LogP contribution >= 0.6 is 0 Å². The molecule has 0 aromatic heterocycles. The second-order valence-corrected chi connectivity index (χ2v) is 5.66. The van der Waals surface area contributed by atoms with E-state index in [1.54, 1.807) is 0 Å². The van der Waals surface area contributed by atoms with E-state index in [9.17, 15) is 4.79 Å². The highest BCUT2D eigenvalue weighted by Crippen LogP contribution is 2.15. The quantitative estimate of drug-likeness (QED) is 0.359. The topological polar surface area (TPSA) is 17.1 Å². The Kier molecular flexibility index (Phi) is 9.02. The van der Waals surface area contributed by atoms with E-state index in [4.69, 9.17) is 0 Å². The number of hydrogen-bond acceptors (Lipinski definition) is 1. The minimum atomic E-state index is 0.327. The lowest BCUT2D eigenvalue weighted by Crippen LogP contribution is -2.03. The molecular weight excluding hydrogens is 244 g/mol. The van der Waals surface area contributed by atoms with Crippen LogP contribution in [0.4, 0.5) is 0 Å². The molecule has 0 bridgehead atoms. The smallest absolute Gasteiger partial charge is 0.163 e. The summed E-state index contributed by atoms with van der Waals surface area (Å²) in [6, 6.07) is 8.04. The van der Waals surface area contributed by atoms with Crippen molar-refractivity contribution >= 4 is 5.78 Å². The Hall–Kier alpha value is -1.11. The molecule has 1 nitrogen and oxygen atoms in total. The summed E-state index contributed by atoms with van der Waals surface area (Å²) in [6.07, 6.45) is 11.9. The zero-order chi connectivity index (χ0) is 14.6. The third kappa shape index (κ3) is 6.36. The molecule has 0 atom stereocenters. The highest BCUT2D eigenvalue weighted by atomic mass is 16.1. The third-order valence-corrected chi connectivity index (χ3v) is 3.96. The van der Waals surface area contributed by atoms with Crippen molar-refractivity contribution in [1.29, 1.82) is 0 Å². The van der Waals surface area contributed by atoms with Gasteiger partial charge in [-0.05, 0) is 18.4 Å². The molecule has 0 unspecified atom stereocenters. The maximum absolute atomic E-state index is 12.2. The monoisotopic (exact) mass is 274 g/mol. The van der Waals surface area contributed by atoms with Crippen LogP contribution in [0.25, 0.3) is 0 Å². The van der Waals surface area contributed by atoms with Crippen LogP contribution < -0.4 is 0 Å². The van der Waals surface area contributed by atoms with Gasteiger partial charge in [0.1, 0.15) is 0 Å². The van der Waals surface area contributed by atoms with Crippen LogP contribution in [-0.4, -0.2) is 5.78 Å². The van der Waals surface area contributed by atoms with Gasteiger partial charge in [-0.25, -0.2) is 0 Å². The summed E-state index contributed by atoms with van der Waals surface area (Å²) < 4.78 is 0. The summed E-state index contributed by atoms with van der Waals surface area (Å²) in [7, 11) is 0. The number of hydrogen-bond donors (Lipinski definition) is 0. The van der Waals surface area contributed by atoms with Gasteiger partial charge in [-0.3, -0.25) is 4.79 Å². The van der Waals surface area contributed by atoms with Crippen LogP contribution in [0.1, 0.15) is 87.6 Å². The molecule has 0 saturated heterocycles. The van der Waals surface area contributed by atoms with Crippen molar-refractivity contribution in [3.8, 4) is 0 Å². The fourth-order valence-electron chi connectivity index (χ4n) is 2.65. The number of benzene rings is 1. The largest absolute Gasteiger partial charge is 0.294 e. The van der Waals surface area contributed by atoms with E-state index in [2.05, 4.69) is 19.9 Å². The molecule has 1 heteroatoms. The number of carbonyl (C=O) groups excluding carboxylic acids is 1.